The largest absolute Gasteiger partial charge is 0.324 e. The van der Waals surface area contributed by atoms with Crippen molar-refractivity contribution in [3.8, 4) is 11.3 Å². The first kappa shape index (κ1) is 19.3. The van der Waals surface area contributed by atoms with Gasteiger partial charge in [-0.3, -0.25) is 9.78 Å². The van der Waals surface area contributed by atoms with Crippen molar-refractivity contribution in [2.24, 2.45) is 0 Å². The smallest absolute Gasteiger partial charge is 0.255 e. The second-order valence-corrected chi connectivity index (χ2v) is 6.98. The number of carbonyl (C=O) groups excluding carboxylic acids is 1. The average Bonchev–Trinajstić information content (AvgIpc) is 2.77. The van der Waals surface area contributed by atoms with Crippen LogP contribution in [-0.2, 0) is 0 Å². The number of benzene rings is 2. The van der Waals surface area contributed by atoms with Gasteiger partial charge >= 0.3 is 0 Å². The Labute approximate surface area is 175 Å². The lowest BCUT2D eigenvalue weighted by atomic mass is 10.1. The molecule has 0 bridgehead atoms. The number of nitrogens with one attached hydrogen (secondary N) is 2. The minimum Gasteiger partial charge on any atom is -0.324 e. The zero-order valence-corrected chi connectivity index (χ0v) is 16.8. The summed E-state index contributed by atoms with van der Waals surface area (Å²) >= 11 is 0. The Kier molecular flexibility index (Phi) is 5.48. The molecule has 0 aliphatic heterocycles. The third-order valence-electron chi connectivity index (χ3n) is 4.69. The standard InChI is InChI=1S/C24H21N5O/c1-16-3-7-20(8-4-16)27-23(30)19-6-5-17(2)22(15-19)29-24-26-14-11-21(28-24)18-9-12-25-13-10-18/h3-15H,1-2H3,(H,27,30)(H,26,28,29). The molecule has 1 amide bonds. The topological polar surface area (TPSA) is 79.8 Å². The summed E-state index contributed by atoms with van der Waals surface area (Å²) in [5.74, 6) is 0.289. The summed E-state index contributed by atoms with van der Waals surface area (Å²) in [6, 6.07) is 18.9. The Morgan fingerprint density at radius 1 is 0.867 bits per heavy atom. The third kappa shape index (κ3) is 4.50. The van der Waals surface area contributed by atoms with Crippen LogP contribution >= 0.6 is 0 Å². The van der Waals surface area contributed by atoms with Crippen molar-refractivity contribution in [1.29, 1.82) is 0 Å². The van der Waals surface area contributed by atoms with Crippen LogP contribution in [0.1, 0.15) is 21.5 Å². The lowest BCUT2D eigenvalue weighted by Gasteiger charge is -2.12. The van der Waals surface area contributed by atoms with Gasteiger partial charge in [-0.05, 0) is 61.9 Å². The lowest BCUT2D eigenvalue weighted by molar-refractivity contribution is 0.102. The van der Waals surface area contributed by atoms with E-state index in [4.69, 9.17) is 0 Å². The van der Waals surface area contributed by atoms with Crippen molar-refractivity contribution < 1.29 is 4.79 Å². The lowest BCUT2D eigenvalue weighted by Crippen LogP contribution is -2.12. The molecule has 0 unspecified atom stereocenters. The predicted octanol–water partition coefficient (Wildman–Crippen LogP) is 5.15. The molecule has 0 fully saturated rings. The fraction of sp³-hybridized carbons (Fsp3) is 0.0833. The quantitative estimate of drug-likeness (QED) is 0.488. The molecular weight excluding hydrogens is 374 g/mol. The Morgan fingerprint density at radius 3 is 2.40 bits per heavy atom. The second-order valence-electron chi connectivity index (χ2n) is 6.98. The summed E-state index contributed by atoms with van der Waals surface area (Å²) < 4.78 is 0. The molecule has 0 spiro atoms. The molecule has 4 rings (SSSR count). The zero-order valence-electron chi connectivity index (χ0n) is 16.8. The van der Waals surface area contributed by atoms with Gasteiger partial charge in [-0.15, -0.1) is 0 Å². The number of aromatic nitrogens is 3. The number of nitrogens with zero attached hydrogens (tertiary/aromatic N) is 3. The van der Waals surface area contributed by atoms with Crippen molar-refractivity contribution in [3.05, 3.63) is 95.9 Å². The van der Waals surface area contributed by atoms with Gasteiger partial charge in [0.05, 0.1) is 5.69 Å². The first-order valence-corrected chi connectivity index (χ1v) is 9.57. The summed E-state index contributed by atoms with van der Waals surface area (Å²) in [5.41, 5.74) is 5.96. The van der Waals surface area contributed by atoms with Gasteiger partial charge in [-0.1, -0.05) is 23.8 Å². The molecule has 0 saturated carbocycles. The van der Waals surface area contributed by atoms with E-state index in [-0.39, 0.29) is 5.91 Å². The van der Waals surface area contributed by atoms with Gasteiger partial charge in [0.2, 0.25) is 5.95 Å². The predicted molar refractivity (Wildman–Crippen MR) is 119 cm³/mol. The van der Waals surface area contributed by atoms with Crippen LogP contribution in [0.2, 0.25) is 0 Å². The number of anilines is 3. The summed E-state index contributed by atoms with van der Waals surface area (Å²) in [4.78, 5) is 25.6. The van der Waals surface area contributed by atoms with Crippen LogP contribution in [0.3, 0.4) is 0 Å². The number of hydrogen-bond acceptors (Lipinski definition) is 5. The van der Waals surface area contributed by atoms with Crippen LogP contribution in [0.15, 0.2) is 79.3 Å². The van der Waals surface area contributed by atoms with E-state index < -0.39 is 0 Å². The maximum absolute atomic E-state index is 12.7. The van der Waals surface area contributed by atoms with E-state index >= 15 is 0 Å². The normalized spacial score (nSPS) is 10.5. The SMILES string of the molecule is Cc1ccc(NC(=O)c2ccc(C)c(Nc3nccc(-c4ccncc4)n3)c2)cc1. The number of rotatable bonds is 5. The van der Waals surface area contributed by atoms with Crippen LogP contribution < -0.4 is 10.6 Å². The molecule has 0 atom stereocenters. The molecule has 6 nitrogen and oxygen atoms in total. The van der Waals surface area contributed by atoms with E-state index in [0.717, 1.165) is 33.8 Å². The maximum atomic E-state index is 12.7. The Morgan fingerprint density at radius 2 is 1.63 bits per heavy atom. The number of pyridine rings is 1. The highest BCUT2D eigenvalue weighted by atomic mass is 16.1. The maximum Gasteiger partial charge on any atom is 0.255 e. The van der Waals surface area contributed by atoms with Crippen molar-refractivity contribution in [3.63, 3.8) is 0 Å². The van der Waals surface area contributed by atoms with Gasteiger partial charge in [-0.25, -0.2) is 9.97 Å². The van der Waals surface area contributed by atoms with Gasteiger partial charge in [0.25, 0.3) is 5.91 Å². The van der Waals surface area contributed by atoms with E-state index in [1.807, 2.05) is 62.4 Å². The number of hydrogen-bond donors (Lipinski definition) is 2. The Hall–Kier alpha value is -4.06. The number of aryl methyl sites for hydroxylation is 2. The van der Waals surface area contributed by atoms with Crippen LogP contribution in [0.4, 0.5) is 17.3 Å². The van der Waals surface area contributed by atoms with E-state index in [2.05, 4.69) is 25.6 Å². The highest BCUT2D eigenvalue weighted by molar-refractivity contribution is 6.05. The van der Waals surface area contributed by atoms with E-state index in [9.17, 15) is 4.79 Å². The van der Waals surface area contributed by atoms with Crippen molar-refractivity contribution >= 4 is 23.2 Å². The molecule has 0 saturated heterocycles. The van der Waals surface area contributed by atoms with E-state index in [1.165, 1.54) is 0 Å². The van der Waals surface area contributed by atoms with Crippen LogP contribution in [0, 0.1) is 13.8 Å². The highest BCUT2D eigenvalue weighted by Gasteiger charge is 2.10. The van der Waals surface area contributed by atoms with Crippen LogP contribution in [0.5, 0.6) is 0 Å². The van der Waals surface area contributed by atoms with Crippen molar-refractivity contribution in [2.45, 2.75) is 13.8 Å². The molecule has 30 heavy (non-hydrogen) atoms. The Balaban J connectivity index is 1.55. The van der Waals surface area contributed by atoms with Gasteiger partial charge < -0.3 is 10.6 Å². The van der Waals surface area contributed by atoms with Gasteiger partial charge in [0.15, 0.2) is 0 Å². The first-order valence-electron chi connectivity index (χ1n) is 9.57. The highest BCUT2D eigenvalue weighted by Crippen LogP contribution is 2.23. The number of amides is 1. The van der Waals surface area contributed by atoms with Gasteiger partial charge in [0.1, 0.15) is 0 Å². The molecule has 2 heterocycles. The summed E-state index contributed by atoms with van der Waals surface area (Å²) in [6.45, 7) is 3.98. The molecule has 2 aromatic carbocycles. The number of carbonyl (C=O) groups is 1. The van der Waals surface area contributed by atoms with E-state index in [1.54, 1.807) is 30.7 Å². The van der Waals surface area contributed by atoms with Gasteiger partial charge in [-0.2, -0.15) is 0 Å². The third-order valence-corrected chi connectivity index (χ3v) is 4.69. The summed E-state index contributed by atoms with van der Waals surface area (Å²) in [6.07, 6.45) is 5.16. The average molecular weight is 395 g/mol. The molecule has 6 heteroatoms. The van der Waals surface area contributed by atoms with Crippen molar-refractivity contribution in [1.82, 2.24) is 15.0 Å². The molecule has 148 valence electrons. The van der Waals surface area contributed by atoms with Crippen molar-refractivity contribution in [2.75, 3.05) is 10.6 Å². The second kappa shape index (κ2) is 8.53. The zero-order chi connectivity index (χ0) is 20.9. The fourth-order valence-corrected chi connectivity index (χ4v) is 2.96. The molecule has 2 aromatic heterocycles. The molecule has 4 aromatic rings. The first-order chi connectivity index (χ1) is 14.6. The molecular formula is C24H21N5O. The minimum absolute atomic E-state index is 0.173. The molecule has 0 radical (unpaired) electrons. The molecule has 0 aliphatic rings. The summed E-state index contributed by atoms with van der Waals surface area (Å²) in [5, 5.41) is 6.15. The van der Waals surface area contributed by atoms with E-state index in [0.29, 0.717) is 11.5 Å². The Bertz CT molecular complexity index is 1170. The monoisotopic (exact) mass is 395 g/mol. The van der Waals surface area contributed by atoms with Gasteiger partial charge in [0, 0.05) is 41.1 Å². The van der Waals surface area contributed by atoms with Crippen LogP contribution in [0.25, 0.3) is 11.3 Å². The minimum atomic E-state index is -0.173. The molecule has 0 aliphatic carbocycles. The van der Waals surface area contributed by atoms with Crippen LogP contribution in [-0.4, -0.2) is 20.9 Å². The molecule has 2 N–H and O–H groups in total. The summed E-state index contributed by atoms with van der Waals surface area (Å²) in [7, 11) is 0. The fourth-order valence-electron chi connectivity index (χ4n) is 2.96.